The van der Waals surface area contributed by atoms with Gasteiger partial charge in [-0.3, -0.25) is 0 Å². The van der Waals surface area contributed by atoms with Gasteiger partial charge in [-0.05, 0) is 12.8 Å². The smallest absolute Gasteiger partial charge is 0.230 e. The zero-order valence-electron chi connectivity index (χ0n) is 9.72. The van der Waals surface area contributed by atoms with Crippen molar-refractivity contribution in [3.05, 3.63) is 11.7 Å². The maximum Gasteiger partial charge on any atom is 0.230 e. The van der Waals surface area contributed by atoms with Crippen molar-refractivity contribution in [2.75, 3.05) is 32.9 Å². The van der Waals surface area contributed by atoms with Gasteiger partial charge in [-0.25, -0.2) is 0 Å². The van der Waals surface area contributed by atoms with Gasteiger partial charge >= 0.3 is 0 Å². The minimum Gasteiger partial charge on any atom is -0.381 e. The van der Waals surface area contributed by atoms with Gasteiger partial charge in [-0.15, -0.1) is 0 Å². The molecule has 2 aliphatic heterocycles. The zero-order chi connectivity index (χ0) is 11.5. The summed E-state index contributed by atoms with van der Waals surface area (Å²) in [7, 11) is 0. The number of aromatic nitrogens is 2. The Balaban J connectivity index is 1.68. The van der Waals surface area contributed by atoms with Crippen LogP contribution in [-0.2, 0) is 9.47 Å². The molecule has 1 aromatic heterocycles. The maximum absolute atomic E-state index is 5.59. The summed E-state index contributed by atoms with van der Waals surface area (Å²) in [5, 5.41) is 7.28. The minimum absolute atomic E-state index is 0.0684. The number of rotatable bonds is 2. The summed E-state index contributed by atoms with van der Waals surface area (Å²) in [6.45, 7) is 3.91. The molecular formula is C11H17N3O3. The van der Waals surface area contributed by atoms with Gasteiger partial charge in [-0.2, -0.15) is 4.98 Å². The van der Waals surface area contributed by atoms with Gasteiger partial charge in [0.25, 0.3) is 0 Å². The van der Waals surface area contributed by atoms with E-state index in [1.807, 2.05) is 0 Å². The van der Waals surface area contributed by atoms with E-state index in [4.69, 9.17) is 14.0 Å². The summed E-state index contributed by atoms with van der Waals surface area (Å²) in [6.07, 6.45) is 1.86. The van der Waals surface area contributed by atoms with E-state index in [0.29, 0.717) is 18.3 Å². The van der Waals surface area contributed by atoms with Crippen molar-refractivity contribution in [2.24, 2.45) is 0 Å². The van der Waals surface area contributed by atoms with E-state index in [1.54, 1.807) is 0 Å². The molecule has 0 radical (unpaired) electrons. The molecule has 0 amide bonds. The Labute approximate surface area is 99.7 Å². The minimum atomic E-state index is -0.0684. The van der Waals surface area contributed by atoms with Gasteiger partial charge in [0.1, 0.15) is 6.10 Å². The molecule has 1 aromatic rings. The van der Waals surface area contributed by atoms with Gasteiger partial charge in [0.05, 0.1) is 6.61 Å². The SMILES string of the molecule is C1COC(c2noc(C3CCOCC3)n2)CN1. The molecule has 94 valence electrons. The molecular weight excluding hydrogens is 222 g/mol. The molecule has 2 aliphatic rings. The van der Waals surface area contributed by atoms with Crippen LogP contribution in [0.1, 0.15) is 36.6 Å². The van der Waals surface area contributed by atoms with Gasteiger partial charge < -0.3 is 19.3 Å². The summed E-state index contributed by atoms with van der Waals surface area (Å²) in [4.78, 5) is 4.46. The second-order valence-electron chi connectivity index (χ2n) is 4.44. The summed E-state index contributed by atoms with van der Waals surface area (Å²) in [5.74, 6) is 1.75. The predicted octanol–water partition coefficient (Wildman–Crippen LogP) is 0.624. The third kappa shape index (κ3) is 2.48. The molecule has 1 N–H and O–H groups in total. The first-order chi connectivity index (χ1) is 8.43. The molecule has 0 aromatic carbocycles. The second-order valence-corrected chi connectivity index (χ2v) is 4.44. The zero-order valence-corrected chi connectivity index (χ0v) is 9.72. The highest BCUT2D eigenvalue weighted by molar-refractivity contribution is 4.98. The lowest BCUT2D eigenvalue weighted by molar-refractivity contribution is 0.0208. The van der Waals surface area contributed by atoms with Crippen LogP contribution in [0.2, 0.25) is 0 Å². The topological polar surface area (TPSA) is 69.4 Å². The molecule has 6 nitrogen and oxygen atoms in total. The van der Waals surface area contributed by atoms with E-state index in [9.17, 15) is 0 Å². The van der Waals surface area contributed by atoms with Gasteiger partial charge in [0.15, 0.2) is 0 Å². The fourth-order valence-electron chi connectivity index (χ4n) is 2.22. The molecule has 2 fully saturated rings. The third-order valence-corrected chi connectivity index (χ3v) is 3.24. The Bertz CT molecular complexity index is 324. The van der Waals surface area contributed by atoms with Gasteiger partial charge in [0, 0.05) is 32.2 Å². The Morgan fingerprint density at radius 2 is 2.06 bits per heavy atom. The fourth-order valence-corrected chi connectivity index (χ4v) is 2.22. The van der Waals surface area contributed by atoms with Crippen LogP contribution in [0.15, 0.2) is 4.52 Å². The van der Waals surface area contributed by atoms with E-state index in [1.165, 1.54) is 0 Å². The second kappa shape index (κ2) is 5.12. The average molecular weight is 239 g/mol. The van der Waals surface area contributed by atoms with Crippen molar-refractivity contribution in [3.63, 3.8) is 0 Å². The average Bonchev–Trinajstić information content (AvgIpc) is 2.90. The van der Waals surface area contributed by atoms with Crippen LogP contribution in [0.4, 0.5) is 0 Å². The molecule has 6 heteroatoms. The number of hydrogen-bond donors (Lipinski definition) is 1. The maximum atomic E-state index is 5.59. The quantitative estimate of drug-likeness (QED) is 0.816. The molecule has 3 rings (SSSR count). The summed E-state index contributed by atoms with van der Waals surface area (Å²) in [6, 6.07) is 0. The molecule has 1 atom stereocenters. The number of nitrogens with one attached hydrogen (secondary N) is 1. The van der Waals surface area contributed by atoms with Crippen LogP contribution in [0, 0.1) is 0 Å². The number of ether oxygens (including phenoxy) is 2. The molecule has 0 bridgehead atoms. The molecule has 2 saturated heterocycles. The van der Waals surface area contributed by atoms with Crippen molar-refractivity contribution >= 4 is 0 Å². The van der Waals surface area contributed by atoms with Crippen molar-refractivity contribution in [1.29, 1.82) is 0 Å². The van der Waals surface area contributed by atoms with Crippen LogP contribution < -0.4 is 5.32 Å². The lowest BCUT2D eigenvalue weighted by Crippen LogP contribution is -2.33. The van der Waals surface area contributed by atoms with Crippen LogP contribution in [0.5, 0.6) is 0 Å². The number of hydrogen-bond acceptors (Lipinski definition) is 6. The van der Waals surface area contributed by atoms with Crippen LogP contribution in [0.3, 0.4) is 0 Å². The lowest BCUT2D eigenvalue weighted by atomic mass is 10.0. The number of morpholine rings is 1. The first kappa shape index (κ1) is 11.1. The van der Waals surface area contributed by atoms with Crippen molar-refractivity contribution in [3.8, 4) is 0 Å². The van der Waals surface area contributed by atoms with Crippen LogP contribution >= 0.6 is 0 Å². The Morgan fingerprint density at radius 3 is 2.82 bits per heavy atom. The molecule has 17 heavy (non-hydrogen) atoms. The van der Waals surface area contributed by atoms with E-state index in [0.717, 1.165) is 45.0 Å². The molecule has 0 saturated carbocycles. The largest absolute Gasteiger partial charge is 0.381 e. The Kier molecular flexibility index (Phi) is 3.35. The fraction of sp³-hybridized carbons (Fsp3) is 0.818. The highest BCUT2D eigenvalue weighted by Gasteiger charge is 2.26. The van der Waals surface area contributed by atoms with Gasteiger partial charge in [0.2, 0.25) is 11.7 Å². The first-order valence-corrected chi connectivity index (χ1v) is 6.17. The van der Waals surface area contributed by atoms with E-state index < -0.39 is 0 Å². The Hall–Kier alpha value is -0.980. The molecule has 1 unspecified atom stereocenters. The first-order valence-electron chi connectivity index (χ1n) is 6.17. The van der Waals surface area contributed by atoms with E-state index >= 15 is 0 Å². The summed E-state index contributed by atoms with van der Waals surface area (Å²) < 4.78 is 16.2. The Morgan fingerprint density at radius 1 is 1.18 bits per heavy atom. The monoisotopic (exact) mass is 239 g/mol. The van der Waals surface area contributed by atoms with Crippen LogP contribution in [0.25, 0.3) is 0 Å². The van der Waals surface area contributed by atoms with E-state index in [2.05, 4.69) is 15.5 Å². The highest BCUT2D eigenvalue weighted by Crippen LogP contribution is 2.26. The van der Waals surface area contributed by atoms with E-state index in [-0.39, 0.29) is 6.10 Å². The van der Waals surface area contributed by atoms with Gasteiger partial charge in [-0.1, -0.05) is 5.16 Å². The van der Waals surface area contributed by atoms with Crippen molar-refractivity contribution in [1.82, 2.24) is 15.5 Å². The molecule has 0 spiro atoms. The number of nitrogens with zero attached hydrogens (tertiary/aromatic N) is 2. The summed E-state index contributed by atoms with van der Waals surface area (Å²) in [5.41, 5.74) is 0. The lowest BCUT2D eigenvalue weighted by Gasteiger charge is -2.20. The van der Waals surface area contributed by atoms with Crippen LogP contribution in [-0.4, -0.2) is 43.1 Å². The predicted molar refractivity (Wildman–Crippen MR) is 58.7 cm³/mol. The highest BCUT2D eigenvalue weighted by atomic mass is 16.5. The normalized spacial score (nSPS) is 27.2. The van der Waals surface area contributed by atoms with Crippen molar-refractivity contribution < 1.29 is 14.0 Å². The standard InChI is InChI=1S/C11H17N3O3/c1-4-15-5-2-8(1)11-13-10(14-17-11)9-7-12-3-6-16-9/h8-9,12H,1-7H2. The third-order valence-electron chi connectivity index (χ3n) is 3.24. The molecule has 0 aliphatic carbocycles. The molecule has 3 heterocycles. The summed E-state index contributed by atoms with van der Waals surface area (Å²) >= 11 is 0. The van der Waals surface area contributed by atoms with Crippen molar-refractivity contribution in [2.45, 2.75) is 24.9 Å².